The Hall–Kier alpha value is -5.80. The quantitative estimate of drug-likeness (QED) is 0.0722. The standard InChI is InChI=1S/C40H28N2O8S4/c43-41(44)29-9-3-25(4-10-29)1-7-27(21-31-13-15-35(53-31)39-37-33(23-51-39)47-17-19-49-37)28(8-2-26-5-11-30(12-6-26)42(45)46)22-32-14-16-36(54-32)40-38-34(24-52-40)48-18-20-50-38/h1-16,21-24H,17-20H2/b7-1+,8-2+,27-21+,28-22+. The normalized spacial score (nSPS) is 14.2. The fourth-order valence-corrected chi connectivity index (χ4v) is 9.75. The van der Waals surface area contributed by atoms with E-state index in [0.717, 1.165) is 74.5 Å². The summed E-state index contributed by atoms with van der Waals surface area (Å²) in [6.45, 7) is 2.06. The Morgan fingerprint density at radius 2 is 0.963 bits per heavy atom. The summed E-state index contributed by atoms with van der Waals surface area (Å²) in [7, 11) is 0. The van der Waals surface area contributed by atoms with Crippen molar-refractivity contribution in [2.24, 2.45) is 0 Å². The molecule has 4 aromatic heterocycles. The summed E-state index contributed by atoms with van der Waals surface area (Å²) in [5.74, 6) is 3.06. The molecule has 0 bridgehead atoms. The Labute approximate surface area is 325 Å². The van der Waals surface area contributed by atoms with Crippen molar-refractivity contribution in [1.82, 2.24) is 0 Å². The maximum atomic E-state index is 11.3. The van der Waals surface area contributed by atoms with Crippen LogP contribution in [0.3, 0.4) is 0 Å². The molecule has 0 N–H and O–H groups in total. The van der Waals surface area contributed by atoms with E-state index in [9.17, 15) is 20.2 Å². The lowest BCUT2D eigenvalue weighted by atomic mass is 10.0. The van der Waals surface area contributed by atoms with E-state index in [-0.39, 0.29) is 11.4 Å². The van der Waals surface area contributed by atoms with Crippen LogP contribution in [0.2, 0.25) is 0 Å². The zero-order chi connectivity index (χ0) is 37.0. The summed E-state index contributed by atoms with van der Waals surface area (Å²) in [6.07, 6.45) is 12.0. The first kappa shape index (κ1) is 35.2. The second kappa shape index (κ2) is 15.7. The van der Waals surface area contributed by atoms with E-state index < -0.39 is 9.85 Å². The highest BCUT2D eigenvalue weighted by Crippen LogP contribution is 2.49. The molecule has 270 valence electrons. The number of rotatable bonds is 11. The number of benzene rings is 2. The number of hydrogen-bond donors (Lipinski definition) is 0. The fourth-order valence-electron chi connectivity index (χ4n) is 5.72. The SMILES string of the molecule is O=[N+]([O-])c1ccc(/C=C/C(=C\c2ccc(-c3scc4c3OCCO4)s2)C(/C=C/c2ccc([N+](=O)[O-])cc2)=C/c2ccc(-c3scc4c3OCCO4)s2)cc1. The van der Waals surface area contributed by atoms with Gasteiger partial charge in [-0.3, -0.25) is 20.2 Å². The lowest BCUT2D eigenvalue weighted by Gasteiger charge is -2.15. The third-order valence-electron chi connectivity index (χ3n) is 8.35. The van der Waals surface area contributed by atoms with Crippen LogP contribution in [0.25, 0.3) is 43.8 Å². The van der Waals surface area contributed by atoms with Gasteiger partial charge >= 0.3 is 0 Å². The summed E-state index contributed by atoms with van der Waals surface area (Å²) in [5, 5.41) is 26.6. The van der Waals surface area contributed by atoms with Crippen LogP contribution in [-0.4, -0.2) is 36.3 Å². The highest BCUT2D eigenvalue weighted by Gasteiger charge is 2.22. The van der Waals surface area contributed by atoms with Crippen LogP contribution < -0.4 is 18.9 Å². The number of hydrogen-bond acceptors (Lipinski definition) is 12. The Bertz CT molecular complexity index is 2290. The molecule has 0 aliphatic carbocycles. The van der Waals surface area contributed by atoms with Gasteiger partial charge in [0.25, 0.3) is 11.4 Å². The molecule has 0 saturated heterocycles. The number of ether oxygens (including phenoxy) is 4. The molecule has 0 saturated carbocycles. The predicted octanol–water partition coefficient (Wildman–Crippen LogP) is 11.5. The number of nitro benzene ring substituents is 2. The summed E-state index contributed by atoms with van der Waals surface area (Å²) >= 11 is 6.43. The number of nitro groups is 2. The van der Waals surface area contributed by atoms with Gasteiger partial charge in [0.1, 0.15) is 26.4 Å². The van der Waals surface area contributed by atoms with Gasteiger partial charge in [-0.25, -0.2) is 0 Å². The van der Waals surface area contributed by atoms with Crippen molar-refractivity contribution >= 4 is 81.0 Å². The molecule has 0 unspecified atom stereocenters. The Morgan fingerprint density at radius 1 is 0.556 bits per heavy atom. The summed E-state index contributed by atoms with van der Waals surface area (Å²) in [4.78, 5) is 27.9. The fraction of sp³-hybridized carbons (Fsp3) is 0.100. The summed E-state index contributed by atoms with van der Waals surface area (Å²) in [6, 6.07) is 21.1. The number of allylic oxidation sites excluding steroid dienone is 4. The van der Waals surface area contributed by atoms with Gasteiger partial charge in [0.15, 0.2) is 23.0 Å². The van der Waals surface area contributed by atoms with Crippen molar-refractivity contribution in [3.05, 3.63) is 148 Å². The maximum Gasteiger partial charge on any atom is 0.269 e. The molecule has 0 fully saturated rings. The van der Waals surface area contributed by atoms with Crippen molar-refractivity contribution < 1.29 is 28.8 Å². The molecule has 0 radical (unpaired) electrons. The van der Waals surface area contributed by atoms with E-state index in [1.165, 1.54) is 24.3 Å². The van der Waals surface area contributed by atoms with Gasteiger partial charge < -0.3 is 18.9 Å². The minimum atomic E-state index is -0.417. The Kier molecular flexibility index (Phi) is 10.2. The molecule has 2 aromatic carbocycles. The second-order valence-corrected chi connectivity index (χ2v) is 15.9. The van der Waals surface area contributed by atoms with E-state index in [0.29, 0.717) is 26.4 Å². The van der Waals surface area contributed by atoms with Crippen LogP contribution in [0.5, 0.6) is 23.0 Å². The van der Waals surface area contributed by atoms with Gasteiger partial charge in [0.05, 0.1) is 19.6 Å². The van der Waals surface area contributed by atoms with E-state index in [1.807, 2.05) is 35.1 Å². The topological polar surface area (TPSA) is 123 Å². The second-order valence-electron chi connectivity index (χ2n) is 11.9. The molecule has 0 amide bonds. The van der Waals surface area contributed by atoms with Crippen LogP contribution in [0.1, 0.15) is 20.9 Å². The molecule has 2 aliphatic heterocycles. The number of fused-ring (bicyclic) bond motifs is 2. The van der Waals surface area contributed by atoms with Gasteiger partial charge in [-0.2, -0.15) is 0 Å². The number of thiophene rings is 4. The monoisotopic (exact) mass is 792 g/mol. The van der Waals surface area contributed by atoms with Gasteiger partial charge in [0.2, 0.25) is 0 Å². The van der Waals surface area contributed by atoms with E-state index in [1.54, 1.807) is 69.6 Å². The molecule has 10 nitrogen and oxygen atoms in total. The van der Waals surface area contributed by atoms with Gasteiger partial charge in [0, 0.05) is 54.5 Å². The van der Waals surface area contributed by atoms with Crippen LogP contribution in [0, 0.1) is 20.2 Å². The van der Waals surface area contributed by atoms with Crippen LogP contribution in [0.4, 0.5) is 11.4 Å². The van der Waals surface area contributed by atoms with Crippen molar-refractivity contribution in [2.45, 2.75) is 0 Å². The van der Waals surface area contributed by atoms with E-state index in [4.69, 9.17) is 18.9 Å². The first-order chi connectivity index (χ1) is 26.4. The molecule has 14 heteroatoms. The highest BCUT2D eigenvalue weighted by atomic mass is 32.1. The Balaban J connectivity index is 1.21. The number of non-ortho nitro benzene ring substituents is 2. The van der Waals surface area contributed by atoms with Crippen molar-refractivity contribution in [3.63, 3.8) is 0 Å². The molecule has 6 heterocycles. The van der Waals surface area contributed by atoms with Crippen LogP contribution in [-0.2, 0) is 0 Å². The molecular weight excluding hydrogens is 765 g/mol. The summed E-state index contributed by atoms with van der Waals surface area (Å²) < 4.78 is 23.5. The van der Waals surface area contributed by atoms with Crippen molar-refractivity contribution in [1.29, 1.82) is 0 Å². The van der Waals surface area contributed by atoms with Crippen molar-refractivity contribution in [3.8, 4) is 42.5 Å². The molecular formula is C40H28N2O8S4. The van der Waals surface area contributed by atoms with E-state index in [2.05, 4.69) is 36.4 Å². The maximum absolute atomic E-state index is 11.3. The van der Waals surface area contributed by atoms with Gasteiger partial charge in [-0.15, -0.1) is 45.3 Å². The van der Waals surface area contributed by atoms with Gasteiger partial charge in [-0.1, -0.05) is 24.3 Å². The number of nitrogens with zero attached hydrogens (tertiary/aromatic N) is 2. The first-order valence-corrected chi connectivity index (χ1v) is 20.0. The zero-order valence-electron chi connectivity index (χ0n) is 28.2. The minimum Gasteiger partial charge on any atom is -0.485 e. The van der Waals surface area contributed by atoms with E-state index >= 15 is 0 Å². The highest BCUT2D eigenvalue weighted by molar-refractivity contribution is 7.22. The van der Waals surface area contributed by atoms with Crippen molar-refractivity contribution in [2.75, 3.05) is 26.4 Å². The lowest BCUT2D eigenvalue weighted by molar-refractivity contribution is -0.385. The first-order valence-electron chi connectivity index (χ1n) is 16.6. The molecule has 6 aromatic rings. The zero-order valence-corrected chi connectivity index (χ0v) is 31.4. The minimum absolute atomic E-state index is 0.0169. The average Bonchev–Trinajstić information content (AvgIpc) is 4.02. The third kappa shape index (κ3) is 7.77. The predicted molar refractivity (Wildman–Crippen MR) is 217 cm³/mol. The molecule has 0 spiro atoms. The Morgan fingerprint density at radius 3 is 1.37 bits per heavy atom. The van der Waals surface area contributed by atoms with Crippen LogP contribution in [0.15, 0.2) is 107 Å². The third-order valence-corrected chi connectivity index (χ3v) is 12.7. The average molecular weight is 793 g/mol. The summed E-state index contributed by atoms with van der Waals surface area (Å²) in [5.41, 5.74) is 3.36. The molecule has 0 atom stereocenters. The van der Waals surface area contributed by atoms with Crippen LogP contribution >= 0.6 is 45.3 Å². The smallest absolute Gasteiger partial charge is 0.269 e. The molecule has 54 heavy (non-hydrogen) atoms. The van der Waals surface area contributed by atoms with Gasteiger partial charge in [-0.05, 0) is 83.0 Å². The largest absolute Gasteiger partial charge is 0.485 e. The molecule has 2 aliphatic rings. The molecule has 8 rings (SSSR count). The lowest BCUT2D eigenvalue weighted by Crippen LogP contribution is -2.14.